The molecule has 190 valence electrons. The second kappa shape index (κ2) is 10.8. The van der Waals surface area contributed by atoms with Crippen molar-refractivity contribution in [3.8, 4) is 0 Å². The van der Waals surface area contributed by atoms with E-state index in [9.17, 15) is 9.18 Å². The molecule has 4 N–H and O–H groups in total. The molecule has 37 heavy (non-hydrogen) atoms. The third-order valence-electron chi connectivity index (χ3n) is 6.49. The lowest BCUT2D eigenvalue weighted by Gasteiger charge is -2.38. The zero-order valence-corrected chi connectivity index (χ0v) is 20.7. The third kappa shape index (κ3) is 5.78. The van der Waals surface area contributed by atoms with Crippen LogP contribution in [-0.2, 0) is 11.2 Å². The quantitative estimate of drug-likeness (QED) is 0.221. The fourth-order valence-electron chi connectivity index (χ4n) is 4.65. The number of hydrogen-bond acceptors (Lipinski definition) is 6. The average Bonchev–Trinajstić information content (AvgIpc) is 3.34. The highest BCUT2D eigenvalue weighted by Crippen LogP contribution is 2.29. The Bertz CT molecular complexity index is 1430. The number of anilines is 5. The van der Waals surface area contributed by atoms with Crippen LogP contribution in [0, 0.1) is 12.8 Å². The number of alkyl halides is 1. The van der Waals surface area contributed by atoms with E-state index < -0.39 is 0 Å². The molecule has 0 bridgehead atoms. The maximum Gasteiger partial charge on any atom is 0.247 e. The topological polar surface area (TPSA) is 98.0 Å². The molecule has 3 heterocycles. The van der Waals surface area contributed by atoms with Crippen molar-refractivity contribution < 1.29 is 9.18 Å². The van der Waals surface area contributed by atoms with Crippen LogP contribution >= 0.6 is 0 Å². The summed E-state index contributed by atoms with van der Waals surface area (Å²) in [6.07, 6.45) is 4.05. The number of nitrogens with zero attached hydrogens (tertiary/aromatic N) is 3. The normalized spacial score (nSPS) is 13.8. The summed E-state index contributed by atoms with van der Waals surface area (Å²) in [7, 11) is 0. The summed E-state index contributed by atoms with van der Waals surface area (Å²) < 4.78 is 12.5. The minimum Gasteiger partial charge on any atom is -0.346 e. The number of halogens is 1. The number of carbonyl (C=O) groups excluding carboxylic acids is 1. The van der Waals surface area contributed by atoms with Crippen LogP contribution in [0.1, 0.15) is 11.1 Å². The van der Waals surface area contributed by atoms with Crippen molar-refractivity contribution in [2.75, 3.05) is 42.3 Å². The van der Waals surface area contributed by atoms with Gasteiger partial charge >= 0.3 is 0 Å². The number of hydrogen-bond donors (Lipinski definition) is 4. The summed E-state index contributed by atoms with van der Waals surface area (Å²) in [6, 6.07) is 15.7. The van der Waals surface area contributed by atoms with Gasteiger partial charge in [0.05, 0.1) is 5.39 Å². The van der Waals surface area contributed by atoms with Crippen LogP contribution in [0.4, 0.5) is 33.2 Å². The van der Waals surface area contributed by atoms with Crippen LogP contribution in [0.5, 0.6) is 0 Å². The average molecular weight is 500 g/mol. The molecular formula is C28H30FN7O. The minimum absolute atomic E-state index is 0.272. The van der Waals surface area contributed by atoms with E-state index in [-0.39, 0.29) is 12.6 Å². The second-order valence-electron chi connectivity index (χ2n) is 9.33. The van der Waals surface area contributed by atoms with Gasteiger partial charge in [-0.1, -0.05) is 24.8 Å². The number of carbonyl (C=O) groups is 1. The maximum absolute atomic E-state index is 12.5. The van der Waals surface area contributed by atoms with Gasteiger partial charge in [-0.25, -0.2) is 4.39 Å². The summed E-state index contributed by atoms with van der Waals surface area (Å²) in [5.41, 5.74) is 5.44. The summed E-state index contributed by atoms with van der Waals surface area (Å²) in [5, 5.41) is 10.3. The van der Waals surface area contributed by atoms with Crippen LogP contribution in [0.2, 0.25) is 0 Å². The largest absolute Gasteiger partial charge is 0.346 e. The maximum atomic E-state index is 12.5. The first-order chi connectivity index (χ1) is 18.0. The van der Waals surface area contributed by atoms with E-state index in [1.54, 1.807) is 0 Å². The molecule has 1 aliphatic heterocycles. The lowest BCUT2D eigenvalue weighted by molar-refractivity contribution is -0.111. The minimum atomic E-state index is -0.278. The molecule has 0 atom stereocenters. The smallest absolute Gasteiger partial charge is 0.247 e. The fourth-order valence-corrected chi connectivity index (χ4v) is 4.65. The molecule has 1 amide bonds. The molecule has 8 nitrogen and oxygen atoms in total. The predicted molar refractivity (Wildman–Crippen MR) is 147 cm³/mol. The number of aromatic amines is 1. The molecule has 9 heteroatoms. The molecule has 0 spiro atoms. The fraction of sp³-hybridized carbons (Fsp3) is 0.250. The Kier molecular flexibility index (Phi) is 7.14. The summed E-state index contributed by atoms with van der Waals surface area (Å²) in [4.78, 5) is 26.4. The van der Waals surface area contributed by atoms with E-state index in [0.29, 0.717) is 35.6 Å². The number of aryl methyl sites for hydroxylation is 1. The first-order valence-electron chi connectivity index (χ1n) is 12.3. The van der Waals surface area contributed by atoms with Gasteiger partial charge in [-0.3, -0.25) is 4.79 Å². The van der Waals surface area contributed by atoms with E-state index in [1.807, 2.05) is 36.5 Å². The Morgan fingerprint density at radius 2 is 2.00 bits per heavy atom. The second-order valence-corrected chi connectivity index (χ2v) is 9.33. The van der Waals surface area contributed by atoms with Crippen LogP contribution in [-0.4, -0.2) is 52.1 Å². The van der Waals surface area contributed by atoms with Crippen molar-refractivity contribution in [2.24, 2.45) is 5.92 Å². The number of amides is 1. The molecular weight excluding hydrogens is 469 g/mol. The number of fused-ring (bicyclic) bond motifs is 1. The van der Waals surface area contributed by atoms with Gasteiger partial charge in [0.2, 0.25) is 11.9 Å². The van der Waals surface area contributed by atoms with E-state index in [0.717, 1.165) is 41.8 Å². The Morgan fingerprint density at radius 3 is 2.78 bits per heavy atom. The third-order valence-corrected chi connectivity index (χ3v) is 6.49. The van der Waals surface area contributed by atoms with Gasteiger partial charge in [0.25, 0.3) is 0 Å². The van der Waals surface area contributed by atoms with Crippen molar-refractivity contribution in [3.63, 3.8) is 0 Å². The van der Waals surface area contributed by atoms with Crippen molar-refractivity contribution in [3.05, 3.63) is 78.5 Å². The van der Waals surface area contributed by atoms with Gasteiger partial charge < -0.3 is 25.8 Å². The zero-order chi connectivity index (χ0) is 25.8. The van der Waals surface area contributed by atoms with Crippen LogP contribution in [0.15, 0.2) is 67.4 Å². The van der Waals surface area contributed by atoms with E-state index >= 15 is 0 Å². The number of benzene rings is 2. The lowest BCUT2D eigenvalue weighted by atomic mass is 9.91. The number of nitrogens with one attached hydrogen (secondary N) is 4. The van der Waals surface area contributed by atoms with Crippen LogP contribution in [0.25, 0.3) is 11.0 Å². The number of rotatable bonds is 10. The molecule has 4 aromatic rings. The molecule has 1 saturated heterocycles. The summed E-state index contributed by atoms with van der Waals surface area (Å²) >= 11 is 0. The van der Waals surface area contributed by atoms with E-state index in [2.05, 4.69) is 62.5 Å². The zero-order valence-electron chi connectivity index (χ0n) is 20.7. The highest BCUT2D eigenvalue weighted by molar-refractivity contribution is 5.99. The van der Waals surface area contributed by atoms with Gasteiger partial charge in [0, 0.05) is 42.9 Å². The van der Waals surface area contributed by atoms with Crippen molar-refractivity contribution >= 4 is 45.8 Å². The van der Waals surface area contributed by atoms with Crippen molar-refractivity contribution in [2.45, 2.75) is 13.3 Å². The van der Waals surface area contributed by atoms with Gasteiger partial charge in [0.15, 0.2) is 0 Å². The lowest BCUT2D eigenvalue weighted by Crippen LogP contribution is -2.48. The summed E-state index contributed by atoms with van der Waals surface area (Å²) in [5.74, 6) is 1.41. The summed E-state index contributed by atoms with van der Waals surface area (Å²) in [6.45, 7) is 7.75. The van der Waals surface area contributed by atoms with Crippen LogP contribution < -0.4 is 16.0 Å². The first-order valence-corrected chi connectivity index (χ1v) is 12.3. The van der Waals surface area contributed by atoms with Crippen molar-refractivity contribution in [1.29, 1.82) is 0 Å². The highest BCUT2D eigenvalue weighted by atomic mass is 19.1. The molecule has 0 aliphatic carbocycles. The van der Waals surface area contributed by atoms with Gasteiger partial charge in [-0.2, -0.15) is 9.97 Å². The molecule has 2 aromatic heterocycles. The highest BCUT2D eigenvalue weighted by Gasteiger charge is 2.26. The molecule has 5 rings (SSSR count). The SMILES string of the molecule is C=CC(=O)Nc1cccc(Nc2nc(Nc3ccc(CC4CN(CCF)C4)cc3C)nc3[nH]ccc23)c1. The number of aromatic nitrogens is 3. The Labute approximate surface area is 215 Å². The van der Waals surface area contributed by atoms with Gasteiger partial charge in [-0.15, -0.1) is 0 Å². The van der Waals surface area contributed by atoms with Crippen LogP contribution in [0.3, 0.4) is 0 Å². The van der Waals surface area contributed by atoms with Gasteiger partial charge in [0.1, 0.15) is 18.1 Å². The Hall–Kier alpha value is -4.24. The van der Waals surface area contributed by atoms with Crippen molar-refractivity contribution in [1.82, 2.24) is 19.9 Å². The molecule has 0 radical (unpaired) electrons. The molecule has 1 aliphatic rings. The monoisotopic (exact) mass is 499 g/mol. The predicted octanol–water partition coefficient (Wildman–Crippen LogP) is 5.32. The Morgan fingerprint density at radius 1 is 1.16 bits per heavy atom. The van der Waals surface area contributed by atoms with Gasteiger partial charge in [-0.05, 0) is 66.8 Å². The van der Waals surface area contributed by atoms with E-state index in [1.165, 1.54) is 11.6 Å². The standard InChI is InChI=1S/C28H30FN7O/c1-3-25(37)31-21-5-4-6-22(15-21)32-27-23-9-11-30-26(23)34-28(35-27)33-24-8-7-19(13-18(24)2)14-20-16-36(17-20)12-10-29/h3-9,11,13,15,20H,1,10,12,14,16-17H2,2H3,(H,31,37)(H3,30,32,33,34,35). The van der Waals surface area contributed by atoms with E-state index in [4.69, 9.17) is 4.98 Å². The molecule has 1 fully saturated rings. The first kappa shape index (κ1) is 24.5. The molecule has 0 unspecified atom stereocenters. The number of H-pyrrole nitrogens is 1. The molecule has 2 aromatic carbocycles. The Balaban J connectivity index is 1.32. The molecule has 0 saturated carbocycles. The number of likely N-dealkylation sites (tertiary alicyclic amines) is 1.